The Hall–Kier alpha value is -17.3. The number of pyridine rings is 2. The number of aromatic amines is 1. The first-order valence-corrected chi connectivity index (χ1v) is 47.5. The number of hydrogen-bond acceptors (Lipinski definition) is 28. The lowest BCUT2D eigenvalue weighted by atomic mass is 9.60. The Morgan fingerprint density at radius 3 is 1.27 bits per heavy atom. The molecule has 4 aliphatic carbocycles. The van der Waals surface area contributed by atoms with Crippen molar-refractivity contribution in [2.45, 2.75) is 126 Å². The summed E-state index contributed by atoms with van der Waals surface area (Å²) in [7, 11) is 5.92. The zero-order valence-electron chi connectivity index (χ0n) is 80.0. The lowest BCUT2D eigenvalue weighted by molar-refractivity contribution is 0.241. The van der Waals surface area contributed by atoms with Crippen molar-refractivity contribution in [3.05, 3.63) is 356 Å². The number of aromatic nitrogens is 24. The molecule has 0 amide bonds. The molecule has 0 spiro atoms. The molecule has 2 unspecified atom stereocenters. The van der Waals surface area contributed by atoms with Gasteiger partial charge in [-0.1, -0.05) is 189 Å². The van der Waals surface area contributed by atoms with Gasteiger partial charge < -0.3 is 46.7 Å². The quantitative estimate of drug-likeness (QED) is 0.0367. The molecule has 14 aromatic heterocycles. The molecule has 710 valence electrons. The third-order valence-electron chi connectivity index (χ3n) is 28.8. The van der Waals surface area contributed by atoms with Gasteiger partial charge in [0, 0.05) is 193 Å². The second-order valence-electron chi connectivity index (χ2n) is 37.7. The van der Waals surface area contributed by atoms with E-state index in [1.54, 1.807) is 96.1 Å². The first kappa shape index (κ1) is 92.4. The Kier molecular flexibility index (Phi) is 25.3. The molecule has 4 saturated carbocycles. The van der Waals surface area contributed by atoms with E-state index < -0.39 is 0 Å². The van der Waals surface area contributed by atoms with E-state index in [0.717, 1.165) is 132 Å². The highest BCUT2D eigenvalue weighted by Gasteiger charge is 2.50. The Labute approximate surface area is 819 Å². The number of para-hydroxylation sites is 1. The van der Waals surface area contributed by atoms with Crippen molar-refractivity contribution >= 4 is 40.6 Å². The number of hydrogen-bond donors (Lipinski definition) is 6. The molecule has 0 aliphatic heterocycles. The first-order valence-electron chi connectivity index (χ1n) is 47.5. The largest absolute Gasteiger partial charge is 0.420 e. The fourth-order valence-corrected chi connectivity index (χ4v) is 19.3. The van der Waals surface area contributed by atoms with E-state index in [1.807, 2.05) is 87.3 Å². The van der Waals surface area contributed by atoms with Crippen LogP contribution >= 0.6 is 0 Å². The molecule has 32 heteroatoms. The molecule has 0 saturated heterocycles. The van der Waals surface area contributed by atoms with Gasteiger partial charge in [0.1, 0.15) is 5.82 Å². The van der Waals surface area contributed by atoms with E-state index in [2.05, 4.69) is 287 Å². The number of H-pyrrole nitrogens is 1. The summed E-state index contributed by atoms with van der Waals surface area (Å²) in [5.74, 6) is 6.98. The van der Waals surface area contributed by atoms with Gasteiger partial charge in [-0.15, -0.1) is 10.2 Å². The highest BCUT2D eigenvalue weighted by molar-refractivity contribution is 5.86. The number of fused-ring (bicyclic) bond motifs is 1. The van der Waals surface area contributed by atoms with E-state index >= 15 is 0 Å². The fraction of sp³-hybridized carbons (Fsp3) is 0.236. The van der Waals surface area contributed by atoms with Crippen molar-refractivity contribution in [1.82, 2.24) is 120 Å². The third-order valence-corrected chi connectivity index (χ3v) is 28.8. The monoisotopic (exact) mass is 1880 g/mol. The summed E-state index contributed by atoms with van der Waals surface area (Å²) in [6.45, 7) is 11.1. The summed E-state index contributed by atoms with van der Waals surface area (Å²) >= 11 is 0. The number of nitrogens with one attached hydrogen (secondary N) is 1. The van der Waals surface area contributed by atoms with E-state index in [0.29, 0.717) is 41.3 Å². The van der Waals surface area contributed by atoms with Crippen LogP contribution in [0.3, 0.4) is 0 Å². The van der Waals surface area contributed by atoms with E-state index in [1.165, 1.54) is 83.7 Å². The molecule has 14 heterocycles. The SMILES string of the molecule is CC(C)C(C)(c1ccc(-c2cnc(N)nc2)cc1)c1nc(-c2ccccc2)n[nH]1.Cn1cc(-c2cc(C(C)(c3ccc(-c4cnc(N)nc4)nc3)C3CC3)no2)cn1.Cn1cc(-c2cc([C@@](C)(c3ccc(-c4cnc(N)nc4)cc3)C3CC3)no2)cn1.Cn1cc(C2(c3ccc(-c4cnc(N)nc4)cc3)CCC2)c2ccccc21.Nc1ncc(-c2ccc(C3(c4nnc(-c5cccnc5)o4)CCC3)cc2)cn1. The number of benzene rings is 6. The second-order valence-corrected chi connectivity index (χ2v) is 37.7. The molecule has 11 N–H and O–H groups in total. The highest BCUT2D eigenvalue weighted by atomic mass is 16.5. The van der Waals surface area contributed by atoms with Gasteiger partial charge in [0.2, 0.25) is 41.5 Å². The number of nitrogens with two attached hydrogens (primary N) is 5. The minimum atomic E-state index is -0.309. The molecule has 4 fully saturated rings. The summed E-state index contributed by atoms with van der Waals surface area (Å²) in [4.78, 5) is 54.4. The summed E-state index contributed by atoms with van der Waals surface area (Å²) in [6.07, 6.45) is 44.0. The molecule has 4 aliphatic rings. The number of nitrogens with zero attached hydrogens (tertiary/aromatic N) is 23. The molecule has 24 rings (SSSR count). The van der Waals surface area contributed by atoms with Crippen LogP contribution in [0, 0.1) is 17.8 Å². The molecule has 6 aromatic carbocycles. The van der Waals surface area contributed by atoms with Crippen LogP contribution in [-0.2, 0) is 48.2 Å². The van der Waals surface area contributed by atoms with Gasteiger partial charge in [-0.05, 0) is 170 Å². The van der Waals surface area contributed by atoms with Crippen molar-refractivity contribution in [3.8, 4) is 101 Å². The van der Waals surface area contributed by atoms with Crippen LogP contribution in [0.4, 0.5) is 29.7 Å². The maximum Gasteiger partial charge on any atom is 0.249 e. The van der Waals surface area contributed by atoms with Crippen LogP contribution in [0.5, 0.6) is 0 Å². The summed E-state index contributed by atoms with van der Waals surface area (Å²) in [6, 6.07) is 64.9. The van der Waals surface area contributed by atoms with Crippen molar-refractivity contribution in [3.63, 3.8) is 0 Å². The fourth-order valence-electron chi connectivity index (χ4n) is 19.3. The second kappa shape index (κ2) is 38.9. The van der Waals surface area contributed by atoms with Crippen LogP contribution in [0.1, 0.15) is 155 Å². The van der Waals surface area contributed by atoms with E-state index in [-0.39, 0.29) is 50.9 Å². The van der Waals surface area contributed by atoms with Crippen molar-refractivity contribution in [2.75, 3.05) is 28.7 Å². The number of rotatable bonds is 22. The number of anilines is 5. The molecule has 32 nitrogen and oxygen atoms in total. The van der Waals surface area contributed by atoms with Gasteiger partial charge >= 0.3 is 0 Å². The van der Waals surface area contributed by atoms with Crippen molar-refractivity contribution in [1.29, 1.82) is 0 Å². The maximum absolute atomic E-state index is 6.06. The summed E-state index contributed by atoms with van der Waals surface area (Å²) in [5, 5.41) is 35.0. The zero-order valence-corrected chi connectivity index (χ0v) is 80.0. The van der Waals surface area contributed by atoms with Crippen LogP contribution in [0.15, 0.2) is 313 Å². The lowest BCUT2D eigenvalue weighted by Crippen LogP contribution is -2.35. The predicted octanol–water partition coefficient (Wildman–Crippen LogP) is 19.9. The van der Waals surface area contributed by atoms with Gasteiger partial charge in [0.15, 0.2) is 17.3 Å². The van der Waals surface area contributed by atoms with Crippen LogP contribution in [-0.4, -0.2) is 120 Å². The van der Waals surface area contributed by atoms with Gasteiger partial charge in [-0.25, -0.2) is 54.8 Å². The topological polar surface area (TPSA) is 458 Å². The molecular formula is C110H107N29O3. The summed E-state index contributed by atoms with van der Waals surface area (Å²) < 4.78 is 23.2. The Morgan fingerprint density at radius 1 is 0.401 bits per heavy atom. The number of nitrogen functional groups attached to an aromatic ring is 5. The third kappa shape index (κ3) is 18.7. The maximum atomic E-state index is 6.06. The standard InChI is InChI=1S/C23H24N6.C23H22N4.C22H22N6O.C21H21N7O.C21H18N6O/c1-15(2)23(3,21-27-20(28-29-21)17-7-5-4-6-8-17)19-11-9-16(10-12-19)18-13-25-22(24)26-14-18;1-27-15-20(19-5-2-3-6-21(19)27)23(11-4-12-23)18-9-7-16(8-10-18)17-13-25-22(24)26-14-17;1-22(18-7-8-18,20-9-19(29-27-20)16-12-26-28(2)13-16)17-5-3-14(4-6-17)15-10-24-21(23)25-11-15;1-21(15-3-4-15,19-7-18(29-27-19)14-10-26-28(2)12-14)16-5-6-17(23-11-16)13-8-24-20(22)25-9-13;22-20-24-12-16(13-25-20)14-4-6-17(7-5-14)21(8-2-9-21)19-27-26-18(28-19)15-3-1-10-23-11-15/h4-15H,1-3H3,(H2,24,25,26)(H,27,28,29);2-3,5-10,13-15H,4,11-12H2,1H3,(H2,24,25,26);3-6,9-13,18H,7-8H2,1-2H3,(H2,23,24,25);5-12,15H,3-4H2,1-2H3,(H2,22,24,25);1,3-7,10-13H,2,8-9H2,(H2,22,24,25)/t;;22-;;/m..0../s1. The highest BCUT2D eigenvalue weighted by Crippen LogP contribution is 2.56. The minimum absolute atomic E-state index is 0.122. The van der Waals surface area contributed by atoms with Gasteiger partial charge in [-0.2, -0.15) is 15.3 Å². The molecule has 20 aromatic rings. The van der Waals surface area contributed by atoms with Crippen LogP contribution in [0.25, 0.3) is 112 Å². The Balaban J connectivity index is 0.000000109. The zero-order chi connectivity index (χ0) is 97.9. The molecule has 0 radical (unpaired) electrons. The number of aryl methyl sites for hydroxylation is 3. The normalized spacial score (nSPS) is 15.2. The van der Waals surface area contributed by atoms with Gasteiger partial charge in [0.25, 0.3) is 0 Å². The van der Waals surface area contributed by atoms with Crippen LogP contribution in [0.2, 0.25) is 0 Å². The van der Waals surface area contributed by atoms with E-state index in [4.69, 9.17) is 47.1 Å². The van der Waals surface area contributed by atoms with Gasteiger partial charge in [0.05, 0.1) is 57.0 Å². The predicted molar refractivity (Wildman–Crippen MR) is 546 cm³/mol. The Bertz CT molecular complexity index is 7500. The Morgan fingerprint density at radius 2 is 0.838 bits per heavy atom. The van der Waals surface area contributed by atoms with Crippen molar-refractivity contribution < 1.29 is 13.5 Å². The first-order chi connectivity index (χ1) is 69.0. The average Bonchev–Trinajstić information content (AvgIpc) is 1.48. The lowest BCUT2D eigenvalue weighted by Gasteiger charge is -2.43. The molecular weight excluding hydrogens is 1780 g/mol. The molecule has 0 bridgehead atoms. The average molecular weight is 1880 g/mol. The summed E-state index contributed by atoms with van der Waals surface area (Å²) in [5.41, 5.74) is 51.2. The van der Waals surface area contributed by atoms with Crippen LogP contribution < -0.4 is 28.7 Å². The minimum Gasteiger partial charge on any atom is -0.420 e. The smallest absolute Gasteiger partial charge is 0.249 e. The van der Waals surface area contributed by atoms with E-state index in [9.17, 15) is 0 Å². The van der Waals surface area contributed by atoms with Crippen molar-refractivity contribution in [2.24, 2.45) is 38.9 Å². The molecule has 3 atom stereocenters. The van der Waals surface area contributed by atoms with Gasteiger partial charge in [-0.3, -0.25) is 24.4 Å². The molecule has 142 heavy (non-hydrogen) atoms.